The molecule has 0 spiro atoms. The predicted molar refractivity (Wildman–Crippen MR) is 84.7 cm³/mol. The van der Waals surface area contributed by atoms with Crippen LogP contribution in [-0.2, 0) is 10.0 Å². The fourth-order valence-electron chi connectivity index (χ4n) is 1.50. The Morgan fingerprint density at radius 3 is 2.52 bits per heavy atom. The van der Waals surface area contributed by atoms with E-state index in [9.17, 15) is 13.2 Å². The molecule has 0 unspecified atom stereocenters. The number of urea groups is 1. The van der Waals surface area contributed by atoms with E-state index in [0.29, 0.717) is 15.7 Å². The first-order valence-electron chi connectivity index (χ1n) is 5.77. The lowest BCUT2D eigenvalue weighted by Crippen LogP contribution is -2.24. The Labute approximate surface area is 131 Å². The Morgan fingerprint density at radius 2 is 1.90 bits per heavy atom. The lowest BCUT2D eigenvalue weighted by molar-refractivity contribution is 0.254. The molecule has 112 valence electrons. The van der Waals surface area contributed by atoms with Gasteiger partial charge in [-0.05, 0) is 30.3 Å². The summed E-state index contributed by atoms with van der Waals surface area (Å²) in [6.45, 7) is 0. The smallest absolute Gasteiger partial charge is 0.318 e. The lowest BCUT2D eigenvalue weighted by Gasteiger charge is -2.09. The lowest BCUT2D eigenvalue weighted by atomic mass is 10.3. The highest BCUT2D eigenvalue weighted by molar-refractivity contribution is 7.94. The average Bonchev–Trinajstić information content (AvgIpc) is 2.86. The van der Waals surface area contributed by atoms with Gasteiger partial charge in [-0.3, -0.25) is 4.72 Å². The molecule has 0 aliphatic rings. The number of carbonyl (C=O) groups is 1. The monoisotopic (exact) mass is 345 g/mol. The second-order valence-corrected chi connectivity index (χ2v) is 7.57. The summed E-state index contributed by atoms with van der Waals surface area (Å²) in [6, 6.07) is 8.94. The van der Waals surface area contributed by atoms with Gasteiger partial charge in [0.2, 0.25) is 0 Å². The Kier molecular flexibility index (Phi) is 4.71. The van der Waals surface area contributed by atoms with Crippen LogP contribution in [-0.4, -0.2) is 21.5 Å². The van der Waals surface area contributed by atoms with Gasteiger partial charge >= 0.3 is 6.03 Å². The summed E-state index contributed by atoms with van der Waals surface area (Å²) in [7, 11) is -2.20. The van der Waals surface area contributed by atoms with Gasteiger partial charge in [0.25, 0.3) is 10.0 Å². The van der Waals surface area contributed by atoms with Gasteiger partial charge in [0.05, 0.1) is 10.0 Å². The maximum atomic E-state index is 12.1. The first kappa shape index (κ1) is 15.6. The highest BCUT2D eigenvalue weighted by atomic mass is 35.5. The summed E-state index contributed by atoms with van der Waals surface area (Å²) >= 11 is 6.71. The van der Waals surface area contributed by atoms with E-state index >= 15 is 0 Å². The molecule has 0 aliphatic carbocycles. The third kappa shape index (κ3) is 4.10. The van der Waals surface area contributed by atoms with Crippen molar-refractivity contribution in [1.29, 1.82) is 0 Å². The molecular weight excluding hydrogens is 334 g/mol. The number of hydrogen-bond donors (Lipinski definition) is 3. The van der Waals surface area contributed by atoms with Crippen molar-refractivity contribution < 1.29 is 13.2 Å². The molecule has 9 heteroatoms. The van der Waals surface area contributed by atoms with Crippen LogP contribution in [0, 0.1) is 0 Å². The van der Waals surface area contributed by atoms with Crippen LogP contribution in [0.2, 0.25) is 4.34 Å². The fraction of sp³-hybridized carbons (Fsp3) is 0.0833. The second-order valence-electron chi connectivity index (χ2n) is 3.95. The van der Waals surface area contributed by atoms with Crippen molar-refractivity contribution in [1.82, 2.24) is 5.32 Å². The molecule has 0 atom stereocenters. The van der Waals surface area contributed by atoms with Crippen molar-refractivity contribution in [2.75, 3.05) is 17.1 Å². The summed E-state index contributed by atoms with van der Waals surface area (Å²) in [5.74, 6) is 0. The summed E-state index contributed by atoms with van der Waals surface area (Å²) in [5, 5.41) is 4.97. The molecule has 0 saturated heterocycles. The summed E-state index contributed by atoms with van der Waals surface area (Å²) in [4.78, 5) is 11.2. The zero-order valence-corrected chi connectivity index (χ0v) is 13.3. The quantitative estimate of drug-likeness (QED) is 0.796. The molecule has 1 heterocycles. The number of amides is 2. The first-order valence-corrected chi connectivity index (χ1v) is 8.45. The molecule has 0 fully saturated rings. The van der Waals surface area contributed by atoms with Crippen molar-refractivity contribution in [3.05, 3.63) is 40.7 Å². The minimum absolute atomic E-state index is 0.122. The molecule has 2 amide bonds. The highest BCUT2D eigenvalue weighted by Gasteiger charge is 2.16. The number of thiophene rings is 1. The van der Waals surface area contributed by atoms with Crippen molar-refractivity contribution in [2.45, 2.75) is 4.21 Å². The molecule has 21 heavy (non-hydrogen) atoms. The van der Waals surface area contributed by atoms with Gasteiger partial charge in [0.15, 0.2) is 0 Å². The first-order chi connectivity index (χ1) is 9.90. The highest BCUT2D eigenvalue weighted by Crippen LogP contribution is 2.27. The molecule has 0 bridgehead atoms. The van der Waals surface area contributed by atoms with E-state index in [4.69, 9.17) is 11.6 Å². The van der Waals surface area contributed by atoms with Gasteiger partial charge in [0.1, 0.15) is 4.21 Å². The van der Waals surface area contributed by atoms with E-state index in [0.717, 1.165) is 11.3 Å². The predicted octanol–water partition coefficient (Wildman–Crippen LogP) is 2.95. The van der Waals surface area contributed by atoms with Gasteiger partial charge in [-0.2, -0.15) is 0 Å². The van der Waals surface area contributed by atoms with E-state index in [-0.39, 0.29) is 10.2 Å². The second kappa shape index (κ2) is 6.33. The maximum absolute atomic E-state index is 12.1. The molecule has 0 radical (unpaired) electrons. The van der Waals surface area contributed by atoms with E-state index in [2.05, 4.69) is 15.4 Å². The zero-order chi connectivity index (χ0) is 15.5. The van der Waals surface area contributed by atoms with Gasteiger partial charge in [0, 0.05) is 12.7 Å². The van der Waals surface area contributed by atoms with Crippen LogP contribution >= 0.6 is 22.9 Å². The minimum Gasteiger partial charge on any atom is -0.341 e. The number of carbonyl (C=O) groups excluding carboxylic acids is 1. The number of halogens is 1. The maximum Gasteiger partial charge on any atom is 0.318 e. The third-order valence-corrected chi connectivity index (χ3v) is 5.52. The molecule has 2 aromatic rings. The van der Waals surface area contributed by atoms with Gasteiger partial charge in [-0.1, -0.05) is 17.7 Å². The molecule has 1 aromatic heterocycles. The zero-order valence-electron chi connectivity index (χ0n) is 10.9. The van der Waals surface area contributed by atoms with E-state index in [1.807, 2.05) is 0 Å². The fourth-order valence-corrected chi connectivity index (χ4v) is 4.03. The molecule has 6 nitrogen and oxygen atoms in total. The van der Waals surface area contributed by atoms with E-state index in [1.165, 1.54) is 25.2 Å². The molecular formula is C12H12ClN3O3S2. The van der Waals surface area contributed by atoms with E-state index < -0.39 is 10.0 Å². The van der Waals surface area contributed by atoms with Crippen LogP contribution in [0.3, 0.4) is 0 Å². The number of hydrogen-bond acceptors (Lipinski definition) is 4. The topological polar surface area (TPSA) is 87.3 Å². The molecule has 2 rings (SSSR count). The summed E-state index contributed by atoms with van der Waals surface area (Å²) in [5.41, 5.74) is 0.812. The van der Waals surface area contributed by atoms with Crippen molar-refractivity contribution in [3.8, 4) is 0 Å². The summed E-state index contributed by atoms with van der Waals surface area (Å²) < 4.78 is 27.2. The van der Waals surface area contributed by atoms with Crippen molar-refractivity contribution in [2.24, 2.45) is 0 Å². The average molecular weight is 346 g/mol. The number of benzene rings is 1. The Balaban J connectivity index is 2.19. The number of rotatable bonds is 4. The molecule has 1 aromatic carbocycles. The minimum atomic E-state index is -3.69. The van der Waals surface area contributed by atoms with Crippen LogP contribution in [0.25, 0.3) is 0 Å². The van der Waals surface area contributed by atoms with Crippen LogP contribution in [0.5, 0.6) is 0 Å². The Bertz CT molecular complexity index is 759. The van der Waals surface area contributed by atoms with Crippen molar-refractivity contribution >= 4 is 50.4 Å². The largest absolute Gasteiger partial charge is 0.341 e. The van der Waals surface area contributed by atoms with Crippen LogP contribution in [0.4, 0.5) is 16.2 Å². The molecule has 3 N–H and O–H groups in total. The van der Waals surface area contributed by atoms with Crippen LogP contribution in [0.1, 0.15) is 0 Å². The number of sulfonamides is 1. The molecule has 0 saturated carbocycles. The Morgan fingerprint density at radius 1 is 1.19 bits per heavy atom. The SMILES string of the molecule is CNC(=O)Nc1cccc(NS(=O)(=O)c2ccc(Cl)s2)c1. The normalized spacial score (nSPS) is 11.0. The van der Waals surface area contributed by atoms with Crippen LogP contribution in [0.15, 0.2) is 40.6 Å². The number of anilines is 2. The van der Waals surface area contributed by atoms with Gasteiger partial charge in [-0.25, -0.2) is 13.2 Å². The standard InChI is InChI=1S/C12H12ClN3O3S2/c1-14-12(17)15-8-3-2-4-9(7-8)16-21(18,19)11-6-5-10(13)20-11/h2-7,16H,1H3,(H2,14,15,17). The van der Waals surface area contributed by atoms with Crippen molar-refractivity contribution in [3.63, 3.8) is 0 Å². The molecule has 0 aliphatic heterocycles. The third-order valence-electron chi connectivity index (χ3n) is 2.41. The van der Waals surface area contributed by atoms with Gasteiger partial charge < -0.3 is 10.6 Å². The number of nitrogens with one attached hydrogen (secondary N) is 3. The van der Waals surface area contributed by atoms with Gasteiger partial charge in [-0.15, -0.1) is 11.3 Å². The Hall–Kier alpha value is -1.77. The van der Waals surface area contributed by atoms with Crippen LogP contribution < -0.4 is 15.4 Å². The van der Waals surface area contributed by atoms with E-state index in [1.54, 1.807) is 18.2 Å². The summed E-state index contributed by atoms with van der Waals surface area (Å²) in [6.07, 6.45) is 0.